The van der Waals surface area contributed by atoms with Gasteiger partial charge in [0, 0.05) is 19.1 Å². The molecule has 30 heavy (non-hydrogen) atoms. The number of aliphatic hydroxyl groups is 1. The maximum absolute atomic E-state index is 10.0. The molecule has 0 atom stereocenters. The minimum absolute atomic E-state index is 0.133. The molecule has 2 N–H and O–H groups in total. The molecule has 0 saturated carbocycles. The SMILES string of the molecule is CC(C)(NCCCc1ccccc1)N(C1Cc2ccccc2C1)N1CCC(O)CC1. The molecule has 0 spiro atoms. The molecule has 4 nitrogen and oxygen atoms in total. The van der Waals surface area contributed by atoms with Crippen molar-refractivity contribution in [3.05, 3.63) is 71.3 Å². The van der Waals surface area contributed by atoms with Gasteiger partial charge in [0.05, 0.1) is 11.8 Å². The first-order chi connectivity index (χ1) is 14.5. The average molecular weight is 408 g/mol. The Morgan fingerprint density at radius 2 is 1.57 bits per heavy atom. The van der Waals surface area contributed by atoms with Crippen molar-refractivity contribution in [2.75, 3.05) is 19.6 Å². The predicted octanol–water partition coefficient (Wildman–Crippen LogP) is 3.79. The second-order valence-electron chi connectivity index (χ2n) is 9.44. The lowest BCUT2D eigenvalue weighted by atomic mass is 10.1. The van der Waals surface area contributed by atoms with E-state index in [9.17, 15) is 5.11 Å². The largest absolute Gasteiger partial charge is 0.393 e. The van der Waals surface area contributed by atoms with Gasteiger partial charge in [-0.1, -0.05) is 54.6 Å². The molecule has 1 aliphatic heterocycles. The van der Waals surface area contributed by atoms with E-state index in [2.05, 4.69) is 83.8 Å². The van der Waals surface area contributed by atoms with E-state index in [-0.39, 0.29) is 11.8 Å². The average Bonchev–Trinajstić information content (AvgIpc) is 3.17. The first-order valence-corrected chi connectivity index (χ1v) is 11.6. The van der Waals surface area contributed by atoms with Crippen LogP contribution in [0.1, 0.15) is 49.8 Å². The summed E-state index contributed by atoms with van der Waals surface area (Å²) in [7, 11) is 0. The molecule has 0 amide bonds. The van der Waals surface area contributed by atoms with Gasteiger partial charge in [0.2, 0.25) is 0 Å². The summed E-state index contributed by atoms with van der Waals surface area (Å²) < 4.78 is 0. The monoisotopic (exact) mass is 407 g/mol. The van der Waals surface area contributed by atoms with Gasteiger partial charge in [-0.3, -0.25) is 5.32 Å². The Morgan fingerprint density at radius 3 is 2.20 bits per heavy atom. The molecule has 4 rings (SSSR count). The van der Waals surface area contributed by atoms with Crippen LogP contribution in [0.4, 0.5) is 0 Å². The Bertz CT molecular complexity index is 774. The number of nitrogens with zero attached hydrogens (tertiary/aromatic N) is 2. The van der Waals surface area contributed by atoms with Gasteiger partial charge < -0.3 is 5.11 Å². The zero-order valence-corrected chi connectivity index (χ0v) is 18.6. The van der Waals surface area contributed by atoms with Gasteiger partial charge in [0.25, 0.3) is 0 Å². The molecule has 4 heteroatoms. The van der Waals surface area contributed by atoms with E-state index in [1.54, 1.807) is 0 Å². The molecule has 2 aromatic rings. The summed E-state index contributed by atoms with van der Waals surface area (Å²) in [5, 5.41) is 19.0. The van der Waals surface area contributed by atoms with Gasteiger partial charge in [0.1, 0.15) is 0 Å². The normalized spacial score (nSPS) is 18.8. The van der Waals surface area contributed by atoms with E-state index in [1.165, 1.54) is 16.7 Å². The van der Waals surface area contributed by atoms with Gasteiger partial charge in [-0.25, -0.2) is 10.0 Å². The third-order valence-electron chi connectivity index (χ3n) is 6.74. The fourth-order valence-corrected chi connectivity index (χ4v) is 5.23. The number of fused-ring (bicyclic) bond motifs is 1. The highest BCUT2D eigenvalue weighted by atomic mass is 16.3. The van der Waals surface area contributed by atoms with Crippen LogP contribution in [0.5, 0.6) is 0 Å². The standard InChI is InChI=1S/C26H37N3O/c1-26(2,27-16-8-11-21-9-4-3-5-10-21)29(28-17-14-25(30)15-18-28)24-19-22-12-6-7-13-23(22)20-24/h3-7,9-10,12-13,24-25,27,30H,8,11,14-20H2,1-2H3. The van der Waals surface area contributed by atoms with Gasteiger partial charge in [0.15, 0.2) is 0 Å². The van der Waals surface area contributed by atoms with Crippen LogP contribution >= 0.6 is 0 Å². The Kier molecular flexibility index (Phi) is 6.89. The van der Waals surface area contributed by atoms with E-state index in [0.717, 1.165) is 58.2 Å². The molecule has 1 fully saturated rings. The number of benzene rings is 2. The smallest absolute Gasteiger partial charge is 0.0794 e. The van der Waals surface area contributed by atoms with Crippen LogP contribution in [-0.2, 0) is 19.3 Å². The molecule has 0 radical (unpaired) electrons. The molecule has 2 aliphatic rings. The minimum Gasteiger partial charge on any atom is -0.393 e. The number of rotatable bonds is 8. The van der Waals surface area contributed by atoms with Crippen LogP contribution in [0.3, 0.4) is 0 Å². The van der Waals surface area contributed by atoms with Crippen molar-refractivity contribution in [3.8, 4) is 0 Å². The van der Waals surface area contributed by atoms with Crippen molar-refractivity contribution in [1.82, 2.24) is 15.3 Å². The van der Waals surface area contributed by atoms with Gasteiger partial charge in [-0.05, 0) is 75.6 Å². The van der Waals surface area contributed by atoms with E-state index >= 15 is 0 Å². The van der Waals surface area contributed by atoms with Crippen LogP contribution in [-0.4, -0.2) is 52.6 Å². The topological polar surface area (TPSA) is 38.7 Å². The summed E-state index contributed by atoms with van der Waals surface area (Å²) >= 11 is 0. The third kappa shape index (κ3) is 5.12. The first-order valence-electron chi connectivity index (χ1n) is 11.6. The summed E-state index contributed by atoms with van der Waals surface area (Å²) in [4.78, 5) is 0. The number of nitrogens with one attached hydrogen (secondary N) is 1. The maximum Gasteiger partial charge on any atom is 0.0794 e. The number of piperidine rings is 1. The van der Waals surface area contributed by atoms with Crippen LogP contribution in [0, 0.1) is 0 Å². The molecule has 0 bridgehead atoms. The molecule has 1 heterocycles. The number of hydrogen-bond donors (Lipinski definition) is 2. The number of aliphatic hydroxyl groups excluding tert-OH is 1. The van der Waals surface area contributed by atoms with E-state index in [4.69, 9.17) is 0 Å². The van der Waals surface area contributed by atoms with E-state index in [1.807, 2.05) is 0 Å². The number of hydrazine groups is 1. The molecule has 2 aromatic carbocycles. The fraction of sp³-hybridized carbons (Fsp3) is 0.538. The van der Waals surface area contributed by atoms with E-state index < -0.39 is 0 Å². The lowest BCUT2D eigenvalue weighted by Crippen LogP contribution is -2.66. The summed E-state index contributed by atoms with van der Waals surface area (Å²) in [6.45, 7) is 7.51. The molecule has 0 unspecified atom stereocenters. The fourth-order valence-electron chi connectivity index (χ4n) is 5.23. The molecule has 1 saturated heterocycles. The van der Waals surface area contributed by atoms with Crippen molar-refractivity contribution >= 4 is 0 Å². The lowest BCUT2D eigenvalue weighted by Gasteiger charge is -2.51. The highest BCUT2D eigenvalue weighted by Gasteiger charge is 2.40. The molecule has 162 valence electrons. The van der Waals surface area contributed by atoms with Crippen LogP contribution < -0.4 is 5.32 Å². The zero-order valence-electron chi connectivity index (χ0n) is 18.6. The Hall–Kier alpha value is -1.72. The quantitative estimate of drug-likeness (QED) is 0.516. The predicted molar refractivity (Wildman–Crippen MR) is 123 cm³/mol. The third-order valence-corrected chi connectivity index (χ3v) is 6.74. The highest BCUT2D eigenvalue weighted by Crippen LogP contribution is 2.31. The number of hydrogen-bond acceptors (Lipinski definition) is 4. The summed E-state index contributed by atoms with van der Waals surface area (Å²) in [6.07, 6.45) is 6.01. The van der Waals surface area contributed by atoms with Crippen molar-refractivity contribution in [1.29, 1.82) is 0 Å². The zero-order chi connectivity index (χ0) is 21.0. The highest BCUT2D eigenvalue weighted by molar-refractivity contribution is 5.33. The Morgan fingerprint density at radius 1 is 0.967 bits per heavy atom. The van der Waals surface area contributed by atoms with Crippen molar-refractivity contribution in [3.63, 3.8) is 0 Å². The minimum atomic E-state index is -0.147. The summed E-state index contributed by atoms with van der Waals surface area (Å²) in [5.41, 5.74) is 4.25. The first kappa shape index (κ1) is 21.5. The Balaban J connectivity index is 1.42. The van der Waals surface area contributed by atoms with Crippen LogP contribution in [0.2, 0.25) is 0 Å². The van der Waals surface area contributed by atoms with Crippen LogP contribution in [0.15, 0.2) is 54.6 Å². The second kappa shape index (κ2) is 9.61. The van der Waals surface area contributed by atoms with Crippen molar-refractivity contribution < 1.29 is 5.11 Å². The van der Waals surface area contributed by atoms with Gasteiger partial charge in [-0.2, -0.15) is 0 Å². The van der Waals surface area contributed by atoms with Crippen LogP contribution in [0.25, 0.3) is 0 Å². The summed E-state index contributed by atoms with van der Waals surface area (Å²) in [5.74, 6) is 0. The van der Waals surface area contributed by atoms with Gasteiger partial charge >= 0.3 is 0 Å². The van der Waals surface area contributed by atoms with Crippen molar-refractivity contribution in [2.45, 2.75) is 70.2 Å². The summed E-state index contributed by atoms with van der Waals surface area (Å²) in [6, 6.07) is 20.1. The van der Waals surface area contributed by atoms with Crippen molar-refractivity contribution in [2.24, 2.45) is 0 Å². The molecular weight excluding hydrogens is 370 g/mol. The molecular formula is C26H37N3O. The van der Waals surface area contributed by atoms with Gasteiger partial charge in [-0.15, -0.1) is 0 Å². The molecule has 0 aromatic heterocycles. The molecule has 1 aliphatic carbocycles. The Labute approximate surface area is 181 Å². The van der Waals surface area contributed by atoms with E-state index in [0.29, 0.717) is 6.04 Å². The maximum atomic E-state index is 10.0. The number of aryl methyl sites for hydroxylation is 1. The lowest BCUT2D eigenvalue weighted by molar-refractivity contribution is -0.156. The second-order valence-corrected chi connectivity index (χ2v) is 9.44.